The third-order valence-electron chi connectivity index (χ3n) is 4.59. The van der Waals surface area contributed by atoms with E-state index in [2.05, 4.69) is 56.9 Å². The summed E-state index contributed by atoms with van der Waals surface area (Å²) < 4.78 is 0. The summed E-state index contributed by atoms with van der Waals surface area (Å²) in [5.41, 5.74) is 2.44. The second kappa shape index (κ2) is 4.93. The number of rotatable bonds is 2. The van der Waals surface area contributed by atoms with Crippen molar-refractivity contribution in [1.82, 2.24) is 4.90 Å². The lowest BCUT2D eigenvalue weighted by Gasteiger charge is -2.45. The lowest BCUT2D eigenvalue weighted by atomic mass is 9.75. The first kappa shape index (κ1) is 14.0. The van der Waals surface area contributed by atoms with Crippen LogP contribution < -0.4 is 0 Å². The van der Waals surface area contributed by atoms with Crippen LogP contribution in [0.15, 0.2) is 36.6 Å². The second-order valence-electron chi connectivity index (χ2n) is 6.62. The van der Waals surface area contributed by atoms with Crippen molar-refractivity contribution in [3.63, 3.8) is 0 Å². The van der Waals surface area contributed by atoms with Gasteiger partial charge in [-0.05, 0) is 52.0 Å². The van der Waals surface area contributed by atoms with Gasteiger partial charge in [0.25, 0.3) is 0 Å². The molecule has 1 heterocycles. The van der Waals surface area contributed by atoms with E-state index in [4.69, 9.17) is 6.42 Å². The zero-order valence-electron chi connectivity index (χ0n) is 12.4. The maximum absolute atomic E-state index is 5.69. The van der Waals surface area contributed by atoms with E-state index < -0.39 is 0 Å². The van der Waals surface area contributed by atoms with E-state index in [0.29, 0.717) is 17.9 Å². The monoisotopic (exact) mass is 255 g/mol. The molecule has 19 heavy (non-hydrogen) atoms. The molecular weight excluding hydrogens is 230 g/mol. The Hall–Kier alpha value is -1.42. The highest BCUT2D eigenvalue weighted by molar-refractivity contribution is 5.30. The zero-order valence-corrected chi connectivity index (χ0v) is 12.4. The molecule has 1 saturated carbocycles. The van der Waals surface area contributed by atoms with Gasteiger partial charge in [0.05, 0.1) is 5.54 Å². The Kier molecular flexibility index (Phi) is 3.63. The lowest BCUT2D eigenvalue weighted by Crippen LogP contribution is -2.48. The van der Waals surface area contributed by atoms with Crippen LogP contribution >= 0.6 is 0 Å². The number of hydrogen-bond donors (Lipinski definition) is 0. The zero-order chi connectivity index (χ0) is 14.2. The molecule has 0 aromatic rings. The van der Waals surface area contributed by atoms with Crippen LogP contribution in [0.1, 0.15) is 40.0 Å². The molecule has 0 saturated heterocycles. The van der Waals surface area contributed by atoms with Gasteiger partial charge in [-0.2, -0.15) is 0 Å². The summed E-state index contributed by atoms with van der Waals surface area (Å²) in [6.07, 6.45) is 13.4. The van der Waals surface area contributed by atoms with Crippen molar-refractivity contribution in [1.29, 1.82) is 0 Å². The van der Waals surface area contributed by atoms with Crippen LogP contribution in [0.2, 0.25) is 0 Å². The average Bonchev–Trinajstić information content (AvgIpc) is 2.62. The fraction of sp³-hybridized carbons (Fsp3) is 0.556. The van der Waals surface area contributed by atoms with Gasteiger partial charge in [-0.25, -0.2) is 0 Å². The Balaban J connectivity index is 2.22. The molecule has 0 amide bonds. The number of hydrogen-bond acceptors (Lipinski definition) is 1. The van der Waals surface area contributed by atoms with E-state index in [-0.39, 0.29) is 5.54 Å². The van der Waals surface area contributed by atoms with E-state index >= 15 is 0 Å². The minimum Gasteiger partial charge on any atom is -0.360 e. The van der Waals surface area contributed by atoms with Crippen LogP contribution in [-0.2, 0) is 0 Å². The Morgan fingerprint density at radius 2 is 2.11 bits per heavy atom. The molecule has 1 aliphatic carbocycles. The maximum atomic E-state index is 5.69. The van der Waals surface area contributed by atoms with E-state index in [0.717, 1.165) is 25.0 Å². The van der Waals surface area contributed by atoms with Gasteiger partial charge >= 0.3 is 0 Å². The third-order valence-corrected chi connectivity index (χ3v) is 4.59. The molecule has 3 atom stereocenters. The van der Waals surface area contributed by atoms with E-state index in [1.807, 2.05) is 0 Å². The molecule has 1 heteroatoms. The van der Waals surface area contributed by atoms with Gasteiger partial charge in [0.1, 0.15) is 0 Å². The van der Waals surface area contributed by atoms with E-state index in [9.17, 15) is 0 Å². The first-order valence-electron chi connectivity index (χ1n) is 7.14. The highest BCUT2D eigenvalue weighted by atomic mass is 15.2. The third kappa shape index (κ3) is 2.63. The van der Waals surface area contributed by atoms with Gasteiger partial charge in [0.15, 0.2) is 0 Å². The number of allylic oxidation sites excluding steroid dienone is 2. The van der Waals surface area contributed by atoms with Gasteiger partial charge in [-0.1, -0.05) is 24.8 Å². The molecule has 1 nitrogen and oxygen atoms in total. The van der Waals surface area contributed by atoms with E-state index in [1.165, 1.54) is 5.57 Å². The molecule has 1 aliphatic heterocycles. The number of terminal acetylenes is 1. The van der Waals surface area contributed by atoms with Crippen molar-refractivity contribution in [2.24, 2.45) is 11.8 Å². The summed E-state index contributed by atoms with van der Waals surface area (Å²) >= 11 is 0. The van der Waals surface area contributed by atoms with Crippen LogP contribution in [0.25, 0.3) is 0 Å². The molecule has 2 rings (SSSR count). The maximum Gasteiger partial charge on any atom is 0.0535 e. The summed E-state index contributed by atoms with van der Waals surface area (Å²) in [7, 11) is 0. The van der Waals surface area contributed by atoms with Crippen LogP contribution in [-0.4, -0.2) is 16.5 Å². The highest BCUT2D eigenvalue weighted by Crippen LogP contribution is 2.41. The predicted octanol–water partition coefficient (Wildman–Crippen LogP) is 4.14. The molecule has 2 aliphatic rings. The van der Waals surface area contributed by atoms with Crippen molar-refractivity contribution in [2.45, 2.75) is 51.6 Å². The molecule has 0 bridgehead atoms. The largest absolute Gasteiger partial charge is 0.360 e. The average molecular weight is 255 g/mol. The van der Waals surface area contributed by atoms with Crippen molar-refractivity contribution >= 4 is 0 Å². The molecule has 0 radical (unpaired) electrons. The van der Waals surface area contributed by atoms with Crippen LogP contribution in [0, 0.1) is 24.2 Å². The summed E-state index contributed by atoms with van der Waals surface area (Å²) in [6.45, 7) is 15.0. The highest BCUT2D eigenvalue weighted by Gasteiger charge is 2.39. The van der Waals surface area contributed by atoms with Crippen LogP contribution in [0.5, 0.6) is 0 Å². The molecule has 0 N–H and O–H groups in total. The summed E-state index contributed by atoms with van der Waals surface area (Å²) in [6, 6.07) is 0.481. The second-order valence-corrected chi connectivity index (χ2v) is 6.62. The molecule has 102 valence electrons. The Morgan fingerprint density at radius 1 is 1.42 bits per heavy atom. The fourth-order valence-corrected chi connectivity index (χ4v) is 3.57. The molecular formula is C18H25N. The van der Waals surface area contributed by atoms with Gasteiger partial charge < -0.3 is 4.90 Å². The summed E-state index contributed by atoms with van der Waals surface area (Å²) in [4.78, 5) is 2.45. The van der Waals surface area contributed by atoms with Crippen molar-refractivity contribution in [3.05, 3.63) is 36.6 Å². The summed E-state index contributed by atoms with van der Waals surface area (Å²) in [5.74, 6) is 3.88. The quantitative estimate of drug-likeness (QED) is 0.529. The van der Waals surface area contributed by atoms with Crippen molar-refractivity contribution in [3.8, 4) is 12.3 Å². The van der Waals surface area contributed by atoms with Gasteiger partial charge in [0.2, 0.25) is 0 Å². The van der Waals surface area contributed by atoms with Gasteiger partial charge in [0, 0.05) is 17.7 Å². The molecule has 0 spiro atoms. The first-order valence-corrected chi connectivity index (χ1v) is 7.14. The fourth-order valence-electron chi connectivity index (χ4n) is 3.57. The minimum absolute atomic E-state index is 0.0534. The van der Waals surface area contributed by atoms with E-state index in [1.54, 1.807) is 0 Å². The smallest absolute Gasteiger partial charge is 0.0535 e. The molecule has 0 aromatic heterocycles. The topological polar surface area (TPSA) is 3.24 Å². The SMILES string of the molecule is C#CC1CC(C(=C)C)CC(N2C(=C)C=CC2(C)C)C1. The molecule has 1 fully saturated rings. The number of nitrogens with zero attached hydrogens (tertiary/aromatic N) is 1. The van der Waals surface area contributed by atoms with Crippen LogP contribution in [0.3, 0.4) is 0 Å². The first-order chi connectivity index (χ1) is 8.85. The van der Waals surface area contributed by atoms with Crippen LogP contribution in [0.4, 0.5) is 0 Å². The Labute approximate surface area is 118 Å². The Bertz CT molecular complexity index is 461. The standard InChI is InChI=1S/C18H25N/c1-7-15-10-16(13(2)3)12-17(11-15)19-14(4)8-9-18(19,5)6/h1,8-9,15-17H,2,4,10-12H2,3,5-6H3. The predicted molar refractivity (Wildman–Crippen MR) is 82.5 cm³/mol. The minimum atomic E-state index is 0.0534. The van der Waals surface area contributed by atoms with Gasteiger partial charge in [-0.3, -0.25) is 0 Å². The Morgan fingerprint density at radius 3 is 2.58 bits per heavy atom. The molecule has 3 unspecified atom stereocenters. The normalized spacial score (nSPS) is 33.3. The van der Waals surface area contributed by atoms with Crippen molar-refractivity contribution in [2.75, 3.05) is 0 Å². The summed E-state index contributed by atoms with van der Waals surface area (Å²) in [5, 5.41) is 0. The molecule has 0 aromatic carbocycles. The van der Waals surface area contributed by atoms with Crippen molar-refractivity contribution < 1.29 is 0 Å². The van der Waals surface area contributed by atoms with Gasteiger partial charge in [-0.15, -0.1) is 12.3 Å². The lowest BCUT2D eigenvalue weighted by molar-refractivity contribution is 0.107.